The maximum atomic E-state index is 12.3. The Hall–Kier alpha value is -3.09. The molecule has 2 amide bonds. The number of hydrogen-bond donors (Lipinski definition) is 2. The van der Waals surface area contributed by atoms with Gasteiger partial charge in [0.15, 0.2) is 0 Å². The van der Waals surface area contributed by atoms with E-state index in [2.05, 4.69) is 10.3 Å². The fourth-order valence-electron chi connectivity index (χ4n) is 2.66. The average molecular weight is 327 g/mol. The Labute approximate surface area is 138 Å². The number of aromatic nitrogens is 1. The number of methoxy groups -OCH3 is 1. The summed E-state index contributed by atoms with van der Waals surface area (Å²) in [7, 11) is 1.55. The molecule has 7 nitrogen and oxygen atoms in total. The maximum absolute atomic E-state index is 12.3. The molecule has 2 heterocycles. The maximum Gasteiger partial charge on any atom is 0.229 e. The topological polar surface area (TPSA) is 91.5 Å². The molecule has 0 aliphatic carbocycles. The van der Waals surface area contributed by atoms with Gasteiger partial charge in [-0.2, -0.15) is 0 Å². The summed E-state index contributed by atoms with van der Waals surface area (Å²) in [5, 5.41) is 2.58. The first-order chi connectivity index (χ1) is 11.6. The Morgan fingerprint density at radius 1 is 1.33 bits per heavy atom. The Balaban J connectivity index is 1.73. The van der Waals surface area contributed by atoms with E-state index in [0.717, 1.165) is 0 Å². The number of nitrogens with one attached hydrogen (secondary N) is 2. The highest BCUT2D eigenvalue weighted by Gasteiger charge is 2.35. The summed E-state index contributed by atoms with van der Waals surface area (Å²) in [5.74, 6) is -0.344. The molecule has 2 N–H and O–H groups in total. The van der Waals surface area contributed by atoms with Gasteiger partial charge in [-0.1, -0.05) is 6.07 Å². The molecule has 124 valence electrons. The van der Waals surface area contributed by atoms with Crippen LogP contribution in [0.4, 0.5) is 11.4 Å². The standard InChI is InChI=1S/C17H17N3O4/c1-24-13-4-2-3-12(8-13)20-10-11(7-16(20)22)17(23)19-14-9-18-6-5-15(14)21/h2-6,8-9,11H,7,10H2,1H3,(H,18,21)(H,19,23)/t11-/m1/s1. The van der Waals surface area contributed by atoms with Crippen molar-refractivity contribution in [3.05, 3.63) is 52.9 Å². The number of H-pyrrole nitrogens is 1. The number of ether oxygens (including phenoxy) is 1. The molecule has 0 saturated carbocycles. The van der Waals surface area contributed by atoms with Gasteiger partial charge in [0.1, 0.15) is 11.4 Å². The van der Waals surface area contributed by atoms with Crippen LogP contribution in [0.3, 0.4) is 0 Å². The molecular weight excluding hydrogens is 310 g/mol. The van der Waals surface area contributed by atoms with Gasteiger partial charge in [-0.3, -0.25) is 14.4 Å². The molecule has 0 unspecified atom stereocenters. The third-order valence-corrected chi connectivity index (χ3v) is 3.94. The van der Waals surface area contributed by atoms with Crippen LogP contribution >= 0.6 is 0 Å². The van der Waals surface area contributed by atoms with Crippen LogP contribution in [0.5, 0.6) is 5.75 Å². The fraction of sp³-hybridized carbons (Fsp3) is 0.235. The van der Waals surface area contributed by atoms with E-state index in [0.29, 0.717) is 11.4 Å². The van der Waals surface area contributed by atoms with Gasteiger partial charge in [0.25, 0.3) is 0 Å². The number of hydrogen-bond acceptors (Lipinski definition) is 4. The number of pyridine rings is 1. The predicted octanol–water partition coefficient (Wildman–Crippen LogP) is 1.38. The Morgan fingerprint density at radius 2 is 2.17 bits per heavy atom. The van der Waals surface area contributed by atoms with Gasteiger partial charge in [-0.25, -0.2) is 0 Å². The largest absolute Gasteiger partial charge is 0.497 e. The summed E-state index contributed by atoms with van der Waals surface area (Å²) < 4.78 is 5.16. The lowest BCUT2D eigenvalue weighted by atomic mass is 10.1. The third kappa shape index (κ3) is 3.15. The van der Waals surface area contributed by atoms with E-state index in [-0.39, 0.29) is 35.9 Å². The molecule has 1 fully saturated rings. The lowest BCUT2D eigenvalue weighted by Gasteiger charge is -2.17. The first-order valence-corrected chi connectivity index (χ1v) is 7.51. The van der Waals surface area contributed by atoms with E-state index in [1.54, 1.807) is 36.3 Å². The minimum absolute atomic E-state index is 0.105. The molecule has 1 atom stereocenters. The van der Waals surface area contributed by atoms with Crippen molar-refractivity contribution in [2.24, 2.45) is 5.92 Å². The van der Waals surface area contributed by atoms with E-state index in [1.807, 2.05) is 0 Å². The molecule has 0 spiro atoms. The van der Waals surface area contributed by atoms with Crippen LogP contribution in [0, 0.1) is 5.92 Å². The van der Waals surface area contributed by atoms with Crippen molar-refractivity contribution in [2.75, 3.05) is 23.9 Å². The number of aromatic amines is 1. The lowest BCUT2D eigenvalue weighted by molar-refractivity contribution is -0.122. The second kappa shape index (κ2) is 6.57. The Bertz CT molecular complexity index is 830. The van der Waals surface area contributed by atoms with Crippen molar-refractivity contribution in [3.8, 4) is 5.75 Å². The Morgan fingerprint density at radius 3 is 2.92 bits per heavy atom. The minimum Gasteiger partial charge on any atom is -0.497 e. The molecule has 24 heavy (non-hydrogen) atoms. The minimum atomic E-state index is -0.511. The van der Waals surface area contributed by atoms with E-state index in [9.17, 15) is 14.4 Å². The van der Waals surface area contributed by atoms with Crippen LogP contribution in [0.15, 0.2) is 47.5 Å². The van der Waals surface area contributed by atoms with Crippen molar-refractivity contribution in [2.45, 2.75) is 6.42 Å². The van der Waals surface area contributed by atoms with Gasteiger partial charge in [0, 0.05) is 43.2 Å². The molecule has 0 radical (unpaired) electrons. The second-order valence-electron chi connectivity index (χ2n) is 5.52. The zero-order valence-corrected chi connectivity index (χ0v) is 13.1. The molecule has 1 aliphatic rings. The smallest absolute Gasteiger partial charge is 0.229 e. The van der Waals surface area contributed by atoms with Gasteiger partial charge < -0.3 is 19.9 Å². The predicted molar refractivity (Wildman–Crippen MR) is 89.1 cm³/mol. The molecular formula is C17H17N3O4. The quantitative estimate of drug-likeness (QED) is 0.887. The summed E-state index contributed by atoms with van der Waals surface area (Å²) >= 11 is 0. The van der Waals surface area contributed by atoms with Crippen LogP contribution in [0.2, 0.25) is 0 Å². The van der Waals surface area contributed by atoms with E-state index < -0.39 is 5.92 Å². The molecule has 1 aliphatic heterocycles. The molecule has 1 aromatic heterocycles. The van der Waals surface area contributed by atoms with Gasteiger partial charge in [0.2, 0.25) is 17.2 Å². The summed E-state index contributed by atoms with van der Waals surface area (Å²) in [6, 6.07) is 8.45. The van der Waals surface area contributed by atoms with Gasteiger partial charge in [-0.05, 0) is 12.1 Å². The van der Waals surface area contributed by atoms with Crippen LogP contribution < -0.4 is 20.4 Å². The normalized spacial score (nSPS) is 17.0. The van der Waals surface area contributed by atoms with Crippen LogP contribution in [-0.2, 0) is 9.59 Å². The number of nitrogens with zero attached hydrogens (tertiary/aromatic N) is 1. The van der Waals surface area contributed by atoms with Crippen molar-refractivity contribution in [3.63, 3.8) is 0 Å². The lowest BCUT2D eigenvalue weighted by Crippen LogP contribution is -2.29. The average Bonchev–Trinajstić information content (AvgIpc) is 2.99. The number of rotatable bonds is 4. The van der Waals surface area contributed by atoms with E-state index in [4.69, 9.17) is 4.74 Å². The van der Waals surface area contributed by atoms with Gasteiger partial charge in [0.05, 0.1) is 13.0 Å². The first kappa shape index (κ1) is 15.8. The van der Waals surface area contributed by atoms with Crippen molar-refractivity contribution < 1.29 is 14.3 Å². The third-order valence-electron chi connectivity index (χ3n) is 3.94. The van der Waals surface area contributed by atoms with Crippen LogP contribution in [0.1, 0.15) is 6.42 Å². The SMILES string of the molecule is COc1cccc(N2C[C@H](C(=O)Nc3c[nH]ccc3=O)CC2=O)c1. The highest BCUT2D eigenvalue weighted by Crippen LogP contribution is 2.28. The van der Waals surface area contributed by atoms with Crippen molar-refractivity contribution in [1.29, 1.82) is 0 Å². The first-order valence-electron chi connectivity index (χ1n) is 7.51. The Kier molecular flexibility index (Phi) is 4.33. The summed E-state index contributed by atoms with van der Waals surface area (Å²) in [4.78, 5) is 40.6. The van der Waals surface area contributed by atoms with Crippen molar-refractivity contribution >= 4 is 23.2 Å². The molecule has 7 heteroatoms. The van der Waals surface area contributed by atoms with E-state index >= 15 is 0 Å². The highest BCUT2D eigenvalue weighted by molar-refractivity contribution is 6.03. The molecule has 2 aromatic rings. The van der Waals surface area contributed by atoms with Gasteiger partial charge in [-0.15, -0.1) is 0 Å². The number of anilines is 2. The second-order valence-corrected chi connectivity index (χ2v) is 5.52. The highest BCUT2D eigenvalue weighted by atomic mass is 16.5. The number of carbonyl (C=O) groups excluding carboxylic acids is 2. The summed E-state index contributed by atoms with van der Waals surface area (Å²) in [5.41, 5.74) is 0.582. The number of amides is 2. The molecule has 0 bridgehead atoms. The molecule has 3 rings (SSSR count). The molecule has 1 saturated heterocycles. The zero-order valence-electron chi connectivity index (χ0n) is 13.1. The van der Waals surface area contributed by atoms with Crippen molar-refractivity contribution in [1.82, 2.24) is 4.98 Å². The number of carbonyl (C=O) groups is 2. The fourth-order valence-corrected chi connectivity index (χ4v) is 2.66. The molecule has 1 aromatic carbocycles. The zero-order chi connectivity index (χ0) is 17.1. The number of benzene rings is 1. The van der Waals surface area contributed by atoms with Crippen LogP contribution in [-0.4, -0.2) is 30.5 Å². The monoisotopic (exact) mass is 327 g/mol. The van der Waals surface area contributed by atoms with Crippen LogP contribution in [0.25, 0.3) is 0 Å². The summed E-state index contributed by atoms with van der Waals surface area (Å²) in [6.45, 7) is 0.266. The van der Waals surface area contributed by atoms with E-state index in [1.165, 1.54) is 18.5 Å². The van der Waals surface area contributed by atoms with Gasteiger partial charge >= 0.3 is 0 Å². The summed E-state index contributed by atoms with van der Waals surface area (Å²) in [6.07, 6.45) is 3.02.